The Hall–Kier alpha value is -0.660. The number of ether oxygens (including phenoxy) is 2. The molecule has 1 rings (SSSR count). The molecule has 0 bridgehead atoms. The second-order valence-electron chi connectivity index (χ2n) is 17.0. The molecule has 0 aromatic heterocycles. The SMILES string of the molecule is CCCCCCCCCCCCCCCCCCCCCCCOCC(COP(=O)(O)OC1C(O)C(O)C(O)C(O)C1O)OC(=O)CCCCCCCCCCCC. The quantitative estimate of drug-likeness (QED) is 0.0194. The van der Waals surface area contributed by atoms with Gasteiger partial charge < -0.3 is 39.9 Å². The lowest BCUT2D eigenvalue weighted by atomic mass is 9.85. The minimum absolute atomic E-state index is 0.0682. The van der Waals surface area contributed by atoms with Crippen LogP contribution in [0.1, 0.15) is 219 Å². The summed E-state index contributed by atoms with van der Waals surface area (Å²) < 4.78 is 34.1. The zero-order valence-corrected chi connectivity index (χ0v) is 37.8. The molecule has 12 nitrogen and oxygen atoms in total. The lowest BCUT2D eigenvalue weighted by Gasteiger charge is -2.41. The van der Waals surface area contributed by atoms with E-state index in [9.17, 15) is 39.8 Å². The molecule has 58 heavy (non-hydrogen) atoms. The number of aliphatic hydroxyl groups excluding tert-OH is 5. The van der Waals surface area contributed by atoms with Crippen molar-refractivity contribution in [1.82, 2.24) is 0 Å². The van der Waals surface area contributed by atoms with Gasteiger partial charge in [0.2, 0.25) is 0 Å². The van der Waals surface area contributed by atoms with E-state index in [1.165, 1.54) is 154 Å². The van der Waals surface area contributed by atoms with Gasteiger partial charge in [0.25, 0.3) is 0 Å². The molecule has 1 aliphatic carbocycles. The zero-order valence-electron chi connectivity index (χ0n) is 36.9. The van der Waals surface area contributed by atoms with Crippen LogP contribution < -0.4 is 0 Å². The second kappa shape index (κ2) is 36.9. The molecular weight excluding hydrogens is 763 g/mol. The van der Waals surface area contributed by atoms with Crippen molar-refractivity contribution in [2.24, 2.45) is 0 Å². The van der Waals surface area contributed by atoms with Crippen LogP contribution in [0.2, 0.25) is 0 Å². The largest absolute Gasteiger partial charge is 0.472 e. The van der Waals surface area contributed by atoms with Gasteiger partial charge in [0.15, 0.2) is 0 Å². The van der Waals surface area contributed by atoms with Gasteiger partial charge in [0, 0.05) is 13.0 Å². The number of esters is 1. The van der Waals surface area contributed by atoms with Gasteiger partial charge in [-0.25, -0.2) is 4.57 Å². The molecule has 0 aliphatic heterocycles. The molecule has 1 saturated carbocycles. The standard InChI is InChI=1S/C45H89O12P/c1-3-5-7-9-11-13-15-16-17-18-19-20-21-22-23-24-25-27-29-31-33-35-54-36-38(56-39(46)34-32-30-28-26-14-12-10-8-6-4-2)37-55-58(52,53)57-45-43(50)41(48)40(47)42(49)44(45)51/h38,40-45,47-51H,3-37H2,1-2H3,(H,52,53). The zero-order chi connectivity index (χ0) is 42.7. The first-order valence-electron chi connectivity index (χ1n) is 23.9. The Morgan fingerprint density at radius 1 is 0.483 bits per heavy atom. The molecule has 6 unspecified atom stereocenters. The van der Waals surface area contributed by atoms with Gasteiger partial charge in [-0.15, -0.1) is 0 Å². The van der Waals surface area contributed by atoms with E-state index in [4.69, 9.17) is 18.5 Å². The van der Waals surface area contributed by atoms with Crippen LogP contribution in [0.25, 0.3) is 0 Å². The Kier molecular flexibility index (Phi) is 35.3. The number of rotatable bonds is 41. The molecule has 0 saturated heterocycles. The van der Waals surface area contributed by atoms with Crippen molar-refractivity contribution < 1.29 is 58.3 Å². The molecule has 0 amide bonds. The molecule has 0 spiro atoms. The maximum atomic E-state index is 12.8. The summed E-state index contributed by atoms with van der Waals surface area (Å²) in [7, 11) is -5.01. The molecule has 6 atom stereocenters. The molecule has 0 heterocycles. The molecule has 346 valence electrons. The van der Waals surface area contributed by atoms with Crippen LogP contribution in [0.4, 0.5) is 0 Å². The molecule has 1 aliphatic rings. The van der Waals surface area contributed by atoms with E-state index < -0.39 is 63.1 Å². The number of carbonyl (C=O) groups excluding carboxylic acids is 1. The van der Waals surface area contributed by atoms with Crippen LogP contribution in [0.5, 0.6) is 0 Å². The van der Waals surface area contributed by atoms with E-state index in [-0.39, 0.29) is 13.0 Å². The van der Waals surface area contributed by atoms with Gasteiger partial charge in [-0.1, -0.05) is 200 Å². The predicted octanol–water partition coefficient (Wildman–Crippen LogP) is 9.76. The van der Waals surface area contributed by atoms with Gasteiger partial charge >= 0.3 is 13.8 Å². The maximum Gasteiger partial charge on any atom is 0.472 e. The Balaban J connectivity index is 2.29. The summed E-state index contributed by atoms with van der Waals surface area (Å²) in [5.41, 5.74) is 0. The molecule has 0 radical (unpaired) electrons. The third-order valence-electron chi connectivity index (χ3n) is 11.5. The van der Waals surface area contributed by atoms with Gasteiger partial charge in [0.05, 0.1) is 13.2 Å². The number of hydrogen-bond acceptors (Lipinski definition) is 11. The van der Waals surface area contributed by atoms with Crippen LogP contribution in [0.15, 0.2) is 0 Å². The Labute approximate surface area is 353 Å². The highest BCUT2D eigenvalue weighted by atomic mass is 31.2. The topological polar surface area (TPSA) is 192 Å². The minimum Gasteiger partial charge on any atom is -0.457 e. The number of hydrogen-bond donors (Lipinski definition) is 6. The average Bonchev–Trinajstić information content (AvgIpc) is 3.21. The fourth-order valence-corrected chi connectivity index (χ4v) is 8.62. The van der Waals surface area contributed by atoms with Gasteiger partial charge in [-0.2, -0.15) is 0 Å². The normalized spacial score (nSPS) is 22.6. The average molecular weight is 853 g/mol. The van der Waals surface area contributed by atoms with Crippen LogP contribution in [-0.4, -0.2) is 98.9 Å². The summed E-state index contributed by atoms with van der Waals surface area (Å²) >= 11 is 0. The maximum absolute atomic E-state index is 12.8. The lowest BCUT2D eigenvalue weighted by Crippen LogP contribution is -2.64. The van der Waals surface area contributed by atoms with Crippen LogP contribution >= 0.6 is 7.82 Å². The van der Waals surface area contributed by atoms with E-state index in [1.54, 1.807) is 0 Å². The van der Waals surface area contributed by atoms with Crippen LogP contribution in [0.3, 0.4) is 0 Å². The fraction of sp³-hybridized carbons (Fsp3) is 0.978. The van der Waals surface area contributed by atoms with E-state index in [0.29, 0.717) is 13.0 Å². The molecule has 1 fully saturated rings. The first kappa shape index (κ1) is 55.4. The third-order valence-corrected chi connectivity index (χ3v) is 12.5. The summed E-state index contributed by atoms with van der Waals surface area (Å²) in [5.74, 6) is -0.474. The number of unbranched alkanes of at least 4 members (excludes halogenated alkanes) is 29. The van der Waals surface area contributed by atoms with E-state index in [1.807, 2.05) is 0 Å². The summed E-state index contributed by atoms with van der Waals surface area (Å²) in [5, 5.41) is 50.1. The number of carbonyl (C=O) groups is 1. The number of aliphatic hydroxyl groups is 5. The van der Waals surface area contributed by atoms with Crippen molar-refractivity contribution in [2.45, 2.75) is 262 Å². The van der Waals surface area contributed by atoms with Crippen LogP contribution in [0, 0.1) is 0 Å². The van der Waals surface area contributed by atoms with Crippen molar-refractivity contribution >= 4 is 13.8 Å². The van der Waals surface area contributed by atoms with E-state index >= 15 is 0 Å². The summed E-state index contributed by atoms with van der Waals surface area (Å²) in [6.45, 7) is 4.27. The smallest absolute Gasteiger partial charge is 0.457 e. The van der Waals surface area contributed by atoms with E-state index in [0.717, 1.165) is 38.5 Å². The van der Waals surface area contributed by atoms with Gasteiger partial charge in [0.1, 0.15) is 42.7 Å². The molecule has 0 aromatic rings. The molecule has 0 aromatic carbocycles. The summed E-state index contributed by atoms with van der Waals surface area (Å²) in [4.78, 5) is 23.1. The van der Waals surface area contributed by atoms with Crippen molar-refractivity contribution in [3.05, 3.63) is 0 Å². The van der Waals surface area contributed by atoms with Crippen molar-refractivity contribution in [1.29, 1.82) is 0 Å². The number of phosphoric ester groups is 1. The summed E-state index contributed by atoms with van der Waals surface area (Å²) in [6.07, 6.45) is 26.2. The Morgan fingerprint density at radius 3 is 1.19 bits per heavy atom. The Morgan fingerprint density at radius 2 is 0.810 bits per heavy atom. The number of phosphoric acid groups is 1. The molecule has 13 heteroatoms. The molecule has 6 N–H and O–H groups in total. The van der Waals surface area contributed by atoms with Crippen molar-refractivity contribution in [2.75, 3.05) is 19.8 Å². The second-order valence-corrected chi connectivity index (χ2v) is 18.4. The predicted molar refractivity (Wildman–Crippen MR) is 230 cm³/mol. The lowest BCUT2D eigenvalue weighted by molar-refractivity contribution is -0.220. The van der Waals surface area contributed by atoms with Gasteiger partial charge in [-0.3, -0.25) is 13.8 Å². The van der Waals surface area contributed by atoms with Gasteiger partial charge in [-0.05, 0) is 12.8 Å². The third kappa shape index (κ3) is 28.8. The van der Waals surface area contributed by atoms with Crippen molar-refractivity contribution in [3.63, 3.8) is 0 Å². The first-order chi connectivity index (χ1) is 28.0. The summed E-state index contributed by atoms with van der Waals surface area (Å²) in [6, 6.07) is 0. The monoisotopic (exact) mass is 853 g/mol. The highest BCUT2D eigenvalue weighted by molar-refractivity contribution is 7.47. The first-order valence-corrected chi connectivity index (χ1v) is 25.4. The van der Waals surface area contributed by atoms with Crippen molar-refractivity contribution in [3.8, 4) is 0 Å². The Bertz CT molecular complexity index is 973. The fourth-order valence-electron chi connectivity index (χ4n) is 7.65. The molecular formula is C45H89O12P. The minimum atomic E-state index is -5.01. The van der Waals surface area contributed by atoms with Crippen LogP contribution in [-0.2, 0) is 27.9 Å². The highest BCUT2D eigenvalue weighted by Gasteiger charge is 2.51. The van der Waals surface area contributed by atoms with E-state index in [2.05, 4.69) is 13.8 Å². The highest BCUT2D eigenvalue weighted by Crippen LogP contribution is 2.47.